The van der Waals surface area contributed by atoms with Crippen LogP contribution in [0.1, 0.15) is 24.5 Å². The molecule has 1 aliphatic rings. The summed E-state index contributed by atoms with van der Waals surface area (Å²) < 4.78 is 5.79. The molecule has 1 aromatic carbocycles. The van der Waals surface area contributed by atoms with Crippen LogP contribution >= 0.6 is 0 Å². The third-order valence-corrected chi connectivity index (χ3v) is 2.70. The molecular formula is C13H14O3. The lowest BCUT2D eigenvalue weighted by Crippen LogP contribution is -2.34. The standard InChI is InChI=1S/C13H14O3/c1-9-4-3-5-10-6-7-13(2,8-11(14)15)16-12(9)10/h3-7H,8H2,1-2H3,(H,14,15). The summed E-state index contributed by atoms with van der Waals surface area (Å²) >= 11 is 0. The Labute approximate surface area is 94.4 Å². The first-order valence-electron chi connectivity index (χ1n) is 5.20. The number of carboxylic acids is 1. The van der Waals surface area contributed by atoms with Crippen LogP contribution in [0.25, 0.3) is 6.08 Å². The van der Waals surface area contributed by atoms with E-state index in [1.807, 2.05) is 37.3 Å². The zero-order valence-corrected chi connectivity index (χ0v) is 9.36. The molecule has 1 atom stereocenters. The predicted octanol–water partition coefficient (Wildman–Crippen LogP) is 2.63. The molecule has 1 aliphatic heterocycles. The maximum absolute atomic E-state index is 10.8. The highest BCUT2D eigenvalue weighted by Gasteiger charge is 2.30. The minimum absolute atomic E-state index is 0.0305. The molecule has 0 saturated carbocycles. The van der Waals surface area contributed by atoms with Crippen LogP contribution in [0.2, 0.25) is 0 Å². The number of hydrogen-bond donors (Lipinski definition) is 1. The van der Waals surface area contributed by atoms with Crippen molar-refractivity contribution in [3.8, 4) is 5.75 Å². The molecule has 0 spiro atoms. The number of hydrogen-bond acceptors (Lipinski definition) is 2. The Bertz CT molecular complexity index is 462. The molecule has 1 aromatic rings. The topological polar surface area (TPSA) is 46.5 Å². The maximum Gasteiger partial charge on any atom is 0.307 e. The SMILES string of the molecule is Cc1cccc2c1OC(C)(CC(=O)O)C=C2. The van der Waals surface area contributed by atoms with E-state index in [4.69, 9.17) is 9.84 Å². The molecule has 1 N–H and O–H groups in total. The first-order valence-corrected chi connectivity index (χ1v) is 5.20. The first-order chi connectivity index (χ1) is 7.50. The quantitative estimate of drug-likeness (QED) is 0.830. The number of aliphatic carboxylic acids is 1. The van der Waals surface area contributed by atoms with E-state index in [0.717, 1.165) is 16.9 Å². The van der Waals surface area contributed by atoms with Crippen molar-refractivity contribution >= 4 is 12.0 Å². The summed E-state index contributed by atoms with van der Waals surface area (Å²) in [6, 6.07) is 5.88. The second-order valence-electron chi connectivity index (χ2n) is 4.31. The Hall–Kier alpha value is -1.77. The summed E-state index contributed by atoms with van der Waals surface area (Å²) in [7, 11) is 0. The molecule has 0 aliphatic carbocycles. The summed E-state index contributed by atoms with van der Waals surface area (Å²) in [5, 5.41) is 8.83. The number of benzene rings is 1. The van der Waals surface area contributed by atoms with E-state index in [2.05, 4.69) is 0 Å². The van der Waals surface area contributed by atoms with Gasteiger partial charge in [-0.3, -0.25) is 4.79 Å². The fraction of sp³-hybridized carbons (Fsp3) is 0.308. The third kappa shape index (κ3) is 1.94. The second-order valence-corrected chi connectivity index (χ2v) is 4.31. The Kier molecular flexibility index (Phi) is 2.46. The smallest absolute Gasteiger partial charge is 0.307 e. The van der Waals surface area contributed by atoms with Gasteiger partial charge in [0.25, 0.3) is 0 Å². The van der Waals surface area contributed by atoms with E-state index >= 15 is 0 Å². The van der Waals surface area contributed by atoms with E-state index < -0.39 is 11.6 Å². The maximum atomic E-state index is 10.8. The molecule has 0 aromatic heterocycles. The van der Waals surface area contributed by atoms with E-state index in [1.165, 1.54) is 0 Å². The van der Waals surface area contributed by atoms with E-state index in [0.29, 0.717) is 0 Å². The Balaban J connectivity index is 2.36. The zero-order valence-electron chi connectivity index (χ0n) is 9.36. The highest BCUT2D eigenvalue weighted by Crippen LogP contribution is 2.34. The van der Waals surface area contributed by atoms with E-state index in [1.54, 1.807) is 6.92 Å². The minimum Gasteiger partial charge on any atom is -0.482 e. The van der Waals surface area contributed by atoms with Crippen molar-refractivity contribution in [2.75, 3.05) is 0 Å². The number of carbonyl (C=O) groups is 1. The molecule has 1 heterocycles. The highest BCUT2D eigenvalue weighted by atomic mass is 16.5. The molecule has 0 fully saturated rings. The van der Waals surface area contributed by atoms with Gasteiger partial charge < -0.3 is 9.84 Å². The first kappa shape index (κ1) is 10.7. The van der Waals surface area contributed by atoms with Gasteiger partial charge in [-0.05, 0) is 25.5 Å². The molecule has 0 bridgehead atoms. The van der Waals surface area contributed by atoms with Crippen LogP contribution in [-0.2, 0) is 4.79 Å². The second kappa shape index (κ2) is 3.67. The van der Waals surface area contributed by atoms with Crippen molar-refractivity contribution in [2.24, 2.45) is 0 Å². The molecule has 0 amide bonds. The van der Waals surface area contributed by atoms with Crippen LogP contribution in [-0.4, -0.2) is 16.7 Å². The highest BCUT2D eigenvalue weighted by molar-refractivity contribution is 5.71. The van der Waals surface area contributed by atoms with Gasteiger partial charge >= 0.3 is 5.97 Å². The minimum atomic E-state index is -0.857. The molecule has 1 unspecified atom stereocenters. The molecular weight excluding hydrogens is 204 g/mol. The van der Waals surface area contributed by atoms with Crippen molar-refractivity contribution in [1.29, 1.82) is 0 Å². The Morgan fingerprint density at radius 2 is 2.25 bits per heavy atom. The number of carboxylic acid groups (broad SMARTS) is 1. The van der Waals surface area contributed by atoms with Crippen LogP contribution in [0.5, 0.6) is 5.75 Å². The molecule has 84 valence electrons. The van der Waals surface area contributed by atoms with Crippen LogP contribution in [0.3, 0.4) is 0 Å². The van der Waals surface area contributed by atoms with Crippen molar-refractivity contribution in [2.45, 2.75) is 25.9 Å². The van der Waals surface area contributed by atoms with Gasteiger partial charge in [-0.15, -0.1) is 0 Å². The molecule has 2 rings (SSSR count). The fourth-order valence-corrected chi connectivity index (χ4v) is 1.87. The molecule has 0 radical (unpaired) electrons. The largest absolute Gasteiger partial charge is 0.482 e. The average Bonchev–Trinajstić information content (AvgIpc) is 2.18. The molecule has 0 saturated heterocycles. The Morgan fingerprint density at radius 1 is 1.50 bits per heavy atom. The van der Waals surface area contributed by atoms with Gasteiger partial charge in [-0.2, -0.15) is 0 Å². The summed E-state index contributed by atoms with van der Waals surface area (Å²) in [4.78, 5) is 10.8. The third-order valence-electron chi connectivity index (χ3n) is 2.70. The number of fused-ring (bicyclic) bond motifs is 1. The van der Waals surface area contributed by atoms with Gasteiger partial charge in [0.1, 0.15) is 11.4 Å². The lowest BCUT2D eigenvalue weighted by Gasteiger charge is -2.31. The number of para-hydroxylation sites is 1. The van der Waals surface area contributed by atoms with Gasteiger partial charge in [0.05, 0.1) is 6.42 Å². The molecule has 3 heteroatoms. The predicted molar refractivity (Wildman–Crippen MR) is 61.5 cm³/mol. The lowest BCUT2D eigenvalue weighted by molar-refractivity contribution is -0.140. The van der Waals surface area contributed by atoms with Gasteiger partial charge in [0.2, 0.25) is 0 Å². The summed E-state index contributed by atoms with van der Waals surface area (Å²) in [5.74, 6) is -0.0714. The fourth-order valence-electron chi connectivity index (χ4n) is 1.87. The van der Waals surface area contributed by atoms with Crippen molar-refractivity contribution < 1.29 is 14.6 Å². The zero-order chi connectivity index (χ0) is 11.8. The summed E-state index contributed by atoms with van der Waals surface area (Å²) in [6.07, 6.45) is 3.70. The number of rotatable bonds is 2. The van der Waals surface area contributed by atoms with E-state index in [-0.39, 0.29) is 6.42 Å². The van der Waals surface area contributed by atoms with Gasteiger partial charge in [0.15, 0.2) is 0 Å². The molecule has 3 nitrogen and oxygen atoms in total. The lowest BCUT2D eigenvalue weighted by atomic mass is 9.96. The van der Waals surface area contributed by atoms with Crippen molar-refractivity contribution in [3.05, 3.63) is 35.4 Å². The normalized spacial score (nSPS) is 22.4. The summed E-state index contributed by atoms with van der Waals surface area (Å²) in [6.45, 7) is 3.74. The van der Waals surface area contributed by atoms with Crippen molar-refractivity contribution in [3.63, 3.8) is 0 Å². The number of ether oxygens (including phenoxy) is 1. The van der Waals surface area contributed by atoms with Crippen molar-refractivity contribution in [1.82, 2.24) is 0 Å². The number of aryl methyl sites for hydroxylation is 1. The average molecular weight is 218 g/mol. The van der Waals surface area contributed by atoms with Gasteiger partial charge in [0, 0.05) is 5.56 Å². The van der Waals surface area contributed by atoms with Crippen LogP contribution in [0.15, 0.2) is 24.3 Å². The summed E-state index contributed by atoms with van der Waals surface area (Å²) in [5.41, 5.74) is 1.28. The van der Waals surface area contributed by atoms with E-state index in [9.17, 15) is 4.79 Å². The van der Waals surface area contributed by atoms with Gasteiger partial charge in [-0.1, -0.05) is 24.3 Å². The molecule has 16 heavy (non-hydrogen) atoms. The van der Waals surface area contributed by atoms with Crippen LogP contribution in [0, 0.1) is 6.92 Å². The monoisotopic (exact) mass is 218 g/mol. The van der Waals surface area contributed by atoms with Crippen LogP contribution in [0.4, 0.5) is 0 Å². The van der Waals surface area contributed by atoms with Gasteiger partial charge in [-0.25, -0.2) is 0 Å². The Morgan fingerprint density at radius 3 is 2.94 bits per heavy atom. The van der Waals surface area contributed by atoms with Crippen LogP contribution < -0.4 is 4.74 Å².